The Morgan fingerprint density at radius 3 is 2.33 bits per heavy atom. The van der Waals surface area contributed by atoms with Crippen LogP contribution in [0.25, 0.3) is 0 Å². The van der Waals surface area contributed by atoms with Crippen molar-refractivity contribution in [3.8, 4) is 0 Å². The van der Waals surface area contributed by atoms with Crippen molar-refractivity contribution in [2.24, 2.45) is 5.92 Å². The fraction of sp³-hybridized carbons (Fsp3) is 0.636. The molecule has 0 atom stereocenters. The summed E-state index contributed by atoms with van der Waals surface area (Å²) in [5.74, 6) is 0.335. The van der Waals surface area contributed by atoms with Crippen LogP contribution in [0.1, 0.15) is 63.9 Å². The molecule has 1 heterocycles. The fourth-order valence-electron chi connectivity index (χ4n) is 4.36. The average Bonchev–Trinajstić information content (AvgIpc) is 2.71. The van der Waals surface area contributed by atoms with Crippen molar-refractivity contribution in [1.29, 1.82) is 0 Å². The molecule has 1 aromatic carbocycles. The number of carbonyl (C=O) groups is 2. The third-order valence-electron chi connectivity index (χ3n) is 6.15. The van der Waals surface area contributed by atoms with Crippen LogP contribution in [-0.4, -0.2) is 41.0 Å². The first-order valence-corrected chi connectivity index (χ1v) is 10.4. The van der Waals surface area contributed by atoms with E-state index in [2.05, 4.69) is 5.32 Å². The molecule has 2 amide bonds. The molecule has 27 heavy (non-hydrogen) atoms. The smallest absolute Gasteiger partial charge is 0.223 e. The second-order valence-electron chi connectivity index (χ2n) is 8.09. The first-order valence-electron chi connectivity index (χ1n) is 10.4. The van der Waals surface area contributed by atoms with Crippen molar-refractivity contribution < 1.29 is 14.7 Å². The van der Waals surface area contributed by atoms with Gasteiger partial charge < -0.3 is 15.3 Å². The van der Waals surface area contributed by atoms with Crippen molar-refractivity contribution in [3.05, 3.63) is 35.9 Å². The van der Waals surface area contributed by atoms with E-state index in [0.717, 1.165) is 37.7 Å². The van der Waals surface area contributed by atoms with Crippen molar-refractivity contribution in [3.63, 3.8) is 0 Å². The number of rotatable bonds is 5. The summed E-state index contributed by atoms with van der Waals surface area (Å²) in [5, 5.41) is 14.1. The largest absolute Gasteiger partial charge is 0.385 e. The molecule has 5 nitrogen and oxygen atoms in total. The van der Waals surface area contributed by atoms with Gasteiger partial charge >= 0.3 is 0 Å². The van der Waals surface area contributed by atoms with E-state index < -0.39 is 5.60 Å². The van der Waals surface area contributed by atoms with Crippen LogP contribution in [0.15, 0.2) is 30.3 Å². The molecule has 148 valence electrons. The van der Waals surface area contributed by atoms with Gasteiger partial charge in [-0.3, -0.25) is 9.59 Å². The van der Waals surface area contributed by atoms with Crippen molar-refractivity contribution in [2.45, 2.75) is 69.9 Å². The Morgan fingerprint density at radius 1 is 1.11 bits per heavy atom. The number of aliphatic hydroxyl groups is 1. The van der Waals surface area contributed by atoms with Crippen LogP contribution in [-0.2, 0) is 15.2 Å². The highest BCUT2D eigenvalue weighted by Crippen LogP contribution is 2.37. The molecule has 1 aliphatic carbocycles. The zero-order chi connectivity index (χ0) is 19.3. The SMILES string of the molecule is CCCC(=O)N1CCC(C(=O)NC2CCC(O)(c3ccccc3)CC2)CC1. The molecule has 0 bridgehead atoms. The number of hydrogen-bond donors (Lipinski definition) is 2. The van der Waals surface area contributed by atoms with E-state index in [1.807, 2.05) is 42.2 Å². The van der Waals surface area contributed by atoms with Gasteiger partial charge in [0.1, 0.15) is 0 Å². The number of nitrogens with one attached hydrogen (secondary N) is 1. The normalized spacial score (nSPS) is 26.6. The van der Waals surface area contributed by atoms with Crippen LogP contribution in [0.2, 0.25) is 0 Å². The summed E-state index contributed by atoms with van der Waals surface area (Å²) < 4.78 is 0. The maximum absolute atomic E-state index is 12.6. The van der Waals surface area contributed by atoms with E-state index in [-0.39, 0.29) is 23.8 Å². The Bertz CT molecular complexity index is 630. The van der Waals surface area contributed by atoms with Gasteiger partial charge in [0.25, 0.3) is 0 Å². The number of piperidine rings is 1. The summed E-state index contributed by atoms with van der Waals surface area (Å²) in [6, 6.07) is 9.97. The Hall–Kier alpha value is -1.88. The zero-order valence-electron chi connectivity index (χ0n) is 16.3. The van der Waals surface area contributed by atoms with Gasteiger partial charge in [-0.1, -0.05) is 37.3 Å². The lowest BCUT2D eigenvalue weighted by atomic mass is 9.77. The number of amides is 2. The van der Waals surface area contributed by atoms with Crippen LogP contribution < -0.4 is 5.32 Å². The summed E-state index contributed by atoms with van der Waals surface area (Å²) in [4.78, 5) is 26.5. The van der Waals surface area contributed by atoms with Crippen molar-refractivity contribution in [1.82, 2.24) is 10.2 Å². The van der Waals surface area contributed by atoms with E-state index in [4.69, 9.17) is 0 Å². The standard InChI is InChI=1S/C22H32N2O3/c1-2-6-20(25)24-15-11-17(12-16-24)21(26)23-19-9-13-22(27,14-10-19)18-7-4-3-5-8-18/h3-5,7-8,17,19,27H,2,6,9-16H2,1H3,(H,23,26). The number of likely N-dealkylation sites (tertiary alicyclic amines) is 1. The van der Waals surface area contributed by atoms with E-state index >= 15 is 0 Å². The number of carbonyl (C=O) groups excluding carboxylic acids is 2. The first-order chi connectivity index (χ1) is 13.0. The van der Waals surface area contributed by atoms with Gasteiger partial charge in [0, 0.05) is 31.5 Å². The maximum Gasteiger partial charge on any atom is 0.223 e. The average molecular weight is 373 g/mol. The van der Waals surface area contributed by atoms with Crippen molar-refractivity contribution in [2.75, 3.05) is 13.1 Å². The van der Waals surface area contributed by atoms with E-state index in [1.165, 1.54) is 0 Å². The third-order valence-corrected chi connectivity index (χ3v) is 6.15. The Balaban J connectivity index is 1.44. The second kappa shape index (κ2) is 8.87. The molecule has 0 radical (unpaired) electrons. The highest BCUT2D eigenvalue weighted by atomic mass is 16.3. The molecule has 0 aromatic heterocycles. The van der Waals surface area contributed by atoms with Crippen LogP contribution in [0.4, 0.5) is 0 Å². The quantitative estimate of drug-likeness (QED) is 0.835. The molecule has 0 spiro atoms. The molecule has 3 rings (SSSR count). The topological polar surface area (TPSA) is 69.6 Å². The van der Waals surface area contributed by atoms with E-state index in [1.54, 1.807) is 0 Å². The third kappa shape index (κ3) is 4.89. The molecular weight excluding hydrogens is 340 g/mol. The van der Waals surface area contributed by atoms with Crippen molar-refractivity contribution >= 4 is 11.8 Å². The van der Waals surface area contributed by atoms with Crippen LogP contribution in [0.5, 0.6) is 0 Å². The number of nitrogens with zero attached hydrogens (tertiary/aromatic N) is 1. The van der Waals surface area contributed by atoms with Gasteiger partial charge in [-0.25, -0.2) is 0 Å². The highest BCUT2D eigenvalue weighted by Gasteiger charge is 2.36. The number of benzene rings is 1. The van der Waals surface area contributed by atoms with Crippen LogP contribution in [0, 0.1) is 5.92 Å². The molecule has 1 aliphatic heterocycles. The minimum atomic E-state index is -0.770. The molecule has 5 heteroatoms. The highest BCUT2D eigenvalue weighted by molar-refractivity contribution is 5.80. The molecule has 1 saturated carbocycles. The Labute approximate surface area is 162 Å². The number of hydrogen-bond acceptors (Lipinski definition) is 3. The minimum Gasteiger partial charge on any atom is -0.385 e. The van der Waals surface area contributed by atoms with Gasteiger partial charge in [0.05, 0.1) is 5.60 Å². The molecule has 2 N–H and O–H groups in total. The lowest BCUT2D eigenvalue weighted by Crippen LogP contribution is -2.47. The first kappa shape index (κ1) is 19.9. The van der Waals surface area contributed by atoms with Gasteiger partial charge in [-0.15, -0.1) is 0 Å². The summed E-state index contributed by atoms with van der Waals surface area (Å²) in [5.41, 5.74) is 0.201. The van der Waals surface area contributed by atoms with Gasteiger partial charge in [0.15, 0.2) is 0 Å². The van der Waals surface area contributed by atoms with Crippen LogP contribution >= 0.6 is 0 Å². The predicted molar refractivity (Wildman–Crippen MR) is 105 cm³/mol. The minimum absolute atomic E-state index is 0.00519. The molecule has 1 aromatic rings. The Morgan fingerprint density at radius 2 is 1.74 bits per heavy atom. The second-order valence-corrected chi connectivity index (χ2v) is 8.09. The molecular formula is C22H32N2O3. The fourth-order valence-corrected chi connectivity index (χ4v) is 4.36. The summed E-state index contributed by atoms with van der Waals surface area (Å²) >= 11 is 0. The maximum atomic E-state index is 12.6. The monoisotopic (exact) mass is 372 g/mol. The molecule has 0 unspecified atom stereocenters. The summed E-state index contributed by atoms with van der Waals surface area (Å²) in [6.07, 6.45) is 5.91. The van der Waals surface area contributed by atoms with E-state index in [9.17, 15) is 14.7 Å². The lowest BCUT2D eigenvalue weighted by molar-refractivity contribution is -0.136. The van der Waals surface area contributed by atoms with Gasteiger partial charge in [-0.2, -0.15) is 0 Å². The molecule has 1 saturated heterocycles. The van der Waals surface area contributed by atoms with E-state index in [0.29, 0.717) is 32.4 Å². The molecule has 2 fully saturated rings. The summed E-state index contributed by atoms with van der Waals surface area (Å²) in [6.45, 7) is 3.39. The predicted octanol–water partition coefficient (Wildman–Crippen LogP) is 2.97. The van der Waals surface area contributed by atoms with Gasteiger partial charge in [-0.05, 0) is 50.5 Å². The Kier molecular flexibility index (Phi) is 6.53. The van der Waals surface area contributed by atoms with Gasteiger partial charge in [0.2, 0.25) is 11.8 Å². The molecule has 2 aliphatic rings. The zero-order valence-corrected chi connectivity index (χ0v) is 16.3. The summed E-state index contributed by atoms with van der Waals surface area (Å²) in [7, 11) is 0. The van der Waals surface area contributed by atoms with Crippen LogP contribution in [0.3, 0.4) is 0 Å². The lowest BCUT2D eigenvalue weighted by Gasteiger charge is -2.38.